The van der Waals surface area contributed by atoms with Gasteiger partial charge in [-0.2, -0.15) is 5.26 Å². The summed E-state index contributed by atoms with van der Waals surface area (Å²) in [5, 5.41) is 24.2. The Balaban J connectivity index is 1.01. The molecule has 10 heteroatoms. The van der Waals surface area contributed by atoms with Gasteiger partial charge in [0.25, 0.3) is 0 Å². The Kier molecular flexibility index (Phi) is 10.9. The minimum atomic E-state index is -2.88. The quantitative estimate of drug-likeness (QED) is 0.222. The number of allylic oxidation sites excluding steroid dienone is 5. The molecule has 2 N–H and O–H groups in total. The van der Waals surface area contributed by atoms with E-state index in [1.54, 1.807) is 18.3 Å². The molecular formula is C49H70N4O5S. The molecule has 322 valence electrons. The van der Waals surface area contributed by atoms with Gasteiger partial charge in [-0.25, -0.2) is 13.4 Å². The van der Waals surface area contributed by atoms with E-state index < -0.39 is 21.2 Å². The van der Waals surface area contributed by atoms with Gasteiger partial charge in [0, 0.05) is 37.9 Å². The Labute approximate surface area is 354 Å². The van der Waals surface area contributed by atoms with Crippen LogP contribution >= 0.6 is 0 Å². The average molecular weight is 827 g/mol. The number of fused-ring (bicyclic) bond motifs is 7. The highest BCUT2D eigenvalue weighted by atomic mass is 32.2. The highest BCUT2D eigenvalue weighted by Crippen LogP contribution is 2.76. The Morgan fingerprint density at radius 3 is 2.44 bits per heavy atom. The van der Waals surface area contributed by atoms with Crippen LogP contribution in [0.15, 0.2) is 53.8 Å². The number of rotatable bonds is 10. The topological polar surface area (TPSA) is 133 Å². The number of nitriles is 1. The van der Waals surface area contributed by atoms with Crippen LogP contribution in [0.4, 0.5) is 0 Å². The minimum absolute atomic E-state index is 0.0149. The monoisotopic (exact) mass is 827 g/mol. The van der Waals surface area contributed by atoms with Crippen molar-refractivity contribution < 1.29 is 23.1 Å². The third kappa shape index (κ3) is 6.87. The summed E-state index contributed by atoms with van der Waals surface area (Å²) in [7, 11) is -2.88. The number of carboxylic acid groups (broad SMARTS) is 1. The second-order valence-corrected chi connectivity index (χ2v) is 23.9. The van der Waals surface area contributed by atoms with Gasteiger partial charge in [0.2, 0.25) is 5.88 Å². The summed E-state index contributed by atoms with van der Waals surface area (Å²) < 4.78 is 30.1. The molecule has 0 aromatic carbocycles. The van der Waals surface area contributed by atoms with Crippen LogP contribution in [0.1, 0.15) is 124 Å². The number of aromatic nitrogens is 1. The normalized spacial score (nSPS) is 41.1. The largest absolute Gasteiger partial charge is 0.481 e. The molecule has 0 spiro atoms. The summed E-state index contributed by atoms with van der Waals surface area (Å²) in [5.74, 6) is 2.85. The van der Waals surface area contributed by atoms with E-state index >= 15 is 0 Å². The number of aliphatic carboxylic acids is 1. The predicted octanol–water partition coefficient (Wildman–Crippen LogP) is 8.78. The zero-order chi connectivity index (χ0) is 42.2. The van der Waals surface area contributed by atoms with Crippen molar-refractivity contribution in [1.82, 2.24) is 15.2 Å². The molecule has 1 aromatic heterocycles. The fraction of sp³-hybridized carbons (Fsp3) is 0.735. The number of ether oxygens (including phenoxy) is 1. The SMILES string of the molecule is C=C(C)[C@@H]1CCC2(NCCN3CCS(=O)(=O)CC3)CC[C@]3(C)[C@H](CC[C@@H]4[C@@]5(C)CC=C(C6=CC[C@@](COc7ncccc7C#N)(C(=O)O)CC6)C(C)(C)[C@@H]5CC[C@]43C)[C@@H]12. The highest BCUT2D eigenvalue weighted by molar-refractivity contribution is 7.91. The molecule has 5 fully saturated rings. The van der Waals surface area contributed by atoms with E-state index in [4.69, 9.17) is 4.74 Å². The predicted molar refractivity (Wildman–Crippen MR) is 232 cm³/mol. The van der Waals surface area contributed by atoms with Crippen molar-refractivity contribution in [3.63, 3.8) is 0 Å². The number of carboxylic acids is 1. The molecule has 0 amide bonds. The van der Waals surface area contributed by atoms with Gasteiger partial charge >= 0.3 is 5.97 Å². The Morgan fingerprint density at radius 1 is 1.00 bits per heavy atom. The molecule has 9 nitrogen and oxygen atoms in total. The first-order valence-electron chi connectivity index (χ1n) is 22.8. The van der Waals surface area contributed by atoms with Crippen molar-refractivity contribution in [2.24, 2.45) is 56.7 Å². The first-order valence-corrected chi connectivity index (χ1v) is 24.6. The summed E-state index contributed by atoms with van der Waals surface area (Å²) in [6, 6.07) is 5.43. The van der Waals surface area contributed by atoms with Gasteiger partial charge in [-0.05, 0) is 159 Å². The van der Waals surface area contributed by atoms with E-state index in [0.717, 1.165) is 19.5 Å². The van der Waals surface area contributed by atoms with Crippen molar-refractivity contribution in [3.8, 4) is 11.9 Å². The summed E-state index contributed by atoms with van der Waals surface area (Å²) >= 11 is 0. The number of hydrogen-bond donors (Lipinski definition) is 2. The zero-order valence-electron chi connectivity index (χ0n) is 36.7. The third-order valence-electron chi connectivity index (χ3n) is 18.8. The Hall–Kier alpha value is -3.00. The Bertz CT molecular complexity index is 2060. The molecule has 0 bridgehead atoms. The van der Waals surface area contributed by atoms with Crippen LogP contribution in [0, 0.1) is 68.0 Å². The van der Waals surface area contributed by atoms with E-state index in [0.29, 0.717) is 67.5 Å². The molecular weight excluding hydrogens is 757 g/mol. The van der Waals surface area contributed by atoms with E-state index in [-0.39, 0.29) is 51.2 Å². The molecule has 8 rings (SSSR count). The van der Waals surface area contributed by atoms with Gasteiger partial charge in [-0.15, -0.1) is 0 Å². The van der Waals surface area contributed by atoms with Gasteiger partial charge in [0.15, 0.2) is 9.84 Å². The highest BCUT2D eigenvalue weighted by Gasteiger charge is 2.70. The van der Waals surface area contributed by atoms with Crippen molar-refractivity contribution in [2.45, 2.75) is 124 Å². The van der Waals surface area contributed by atoms with Gasteiger partial charge in [0.1, 0.15) is 23.7 Å². The molecule has 0 radical (unpaired) electrons. The van der Waals surface area contributed by atoms with Crippen molar-refractivity contribution in [3.05, 3.63) is 59.3 Å². The number of pyridine rings is 1. The second-order valence-electron chi connectivity index (χ2n) is 21.6. The van der Waals surface area contributed by atoms with Crippen molar-refractivity contribution in [2.75, 3.05) is 44.3 Å². The minimum Gasteiger partial charge on any atom is -0.481 e. The number of nitrogens with one attached hydrogen (secondary N) is 1. The maximum absolute atomic E-state index is 12.8. The van der Waals surface area contributed by atoms with E-state index in [1.807, 2.05) is 0 Å². The first kappa shape index (κ1) is 42.7. The van der Waals surface area contributed by atoms with Gasteiger partial charge < -0.3 is 20.1 Å². The van der Waals surface area contributed by atoms with E-state index in [2.05, 4.69) is 81.5 Å². The molecule has 1 saturated heterocycles. The van der Waals surface area contributed by atoms with Crippen LogP contribution in [0.3, 0.4) is 0 Å². The van der Waals surface area contributed by atoms with E-state index in [1.165, 1.54) is 68.1 Å². The maximum atomic E-state index is 12.8. The lowest BCUT2D eigenvalue weighted by molar-refractivity contribution is -0.221. The maximum Gasteiger partial charge on any atom is 0.313 e. The number of sulfone groups is 1. The van der Waals surface area contributed by atoms with Gasteiger partial charge in [-0.3, -0.25) is 4.79 Å². The van der Waals surface area contributed by atoms with E-state index in [9.17, 15) is 23.6 Å². The average Bonchev–Trinajstić information content (AvgIpc) is 3.58. The molecule has 4 saturated carbocycles. The fourth-order valence-electron chi connectivity index (χ4n) is 15.4. The molecule has 7 aliphatic rings. The Morgan fingerprint density at radius 2 is 1.76 bits per heavy atom. The lowest BCUT2D eigenvalue weighted by atomic mass is 9.33. The van der Waals surface area contributed by atoms with Crippen molar-refractivity contribution >= 4 is 15.8 Å². The summed E-state index contributed by atoms with van der Waals surface area (Å²) in [4.78, 5) is 19.4. The first-order chi connectivity index (χ1) is 27.8. The lowest BCUT2D eigenvalue weighted by Crippen LogP contribution is -2.68. The number of nitrogens with zero attached hydrogens (tertiary/aromatic N) is 3. The molecule has 2 heterocycles. The lowest BCUT2D eigenvalue weighted by Gasteiger charge is -2.72. The third-order valence-corrected chi connectivity index (χ3v) is 20.4. The number of carbonyl (C=O) groups is 1. The van der Waals surface area contributed by atoms with Crippen LogP contribution in [-0.4, -0.2) is 79.2 Å². The molecule has 6 aliphatic carbocycles. The van der Waals surface area contributed by atoms with Crippen LogP contribution in [0.2, 0.25) is 0 Å². The zero-order valence-corrected chi connectivity index (χ0v) is 37.6. The molecule has 59 heavy (non-hydrogen) atoms. The van der Waals surface area contributed by atoms with Gasteiger partial charge in [-0.1, -0.05) is 58.9 Å². The molecule has 10 atom stereocenters. The smallest absolute Gasteiger partial charge is 0.313 e. The molecule has 1 unspecified atom stereocenters. The fourth-order valence-corrected chi connectivity index (χ4v) is 16.6. The van der Waals surface area contributed by atoms with Crippen LogP contribution in [-0.2, 0) is 14.6 Å². The number of hydrogen-bond acceptors (Lipinski definition) is 8. The second kappa shape index (κ2) is 15.1. The van der Waals surface area contributed by atoms with Crippen LogP contribution in [0.25, 0.3) is 0 Å². The van der Waals surface area contributed by atoms with Gasteiger partial charge in [0.05, 0.1) is 11.5 Å². The standard InChI is InChI=1S/C49H70N4O5S/c1-33(2)36-14-21-49(52-25-26-53-27-29-59(56,57)30-28-53)23-22-46(6)38(41(36)49)10-11-40-45(5)17-15-37(44(3,4)39(45)16-18-47(40,46)7)34-12-19-48(20-13-34,43(54)55)32-58-42-35(31-50)9-8-24-51-42/h8-9,12,15,24,36,38-41,52H,1,10-11,13-14,16-23,25-30,32H2,2-7H3,(H,54,55)/t36-,38+,39-,40+,41+,45-,46+,47+,48+,49?/m0/s1. The summed E-state index contributed by atoms with van der Waals surface area (Å²) in [6.07, 6.45) is 18.9. The van der Waals surface area contributed by atoms with Crippen LogP contribution < -0.4 is 10.1 Å². The molecule has 1 aromatic rings. The summed E-state index contributed by atoms with van der Waals surface area (Å²) in [5.41, 5.74) is 4.09. The van der Waals surface area contributed by atoms with Crippen molar-refractivity contribution in [1.29, 1.82) is 5.26 Å². The molecule has 1 aliphatic heterocycles. The van der Waals surface area contributed by atoms with Crippen LogP contribution in [0.5, 0.6) is 5.88 Å². The summed E-state index contributed by atoms with van der Waals surface area (Å²) in [6.45, 7) is 23.0.